The average molecular weight is 299 g/mol. The van der Waals surface area contributed by atoms with Gasteiger partial charge in [-0.3, -0.25) is 10.9 Å². The minimum Gasteiger partial charge on any atom is -0.313 e. The van der Waals surface area contributed by atoms with Crippen LogP contribution in [-0.4, -0.2) is 44.4 Å². The van der Waals surface area contributed by atoms with Crippen molar-refractivity contribution in [2.24, 2.45) is 0 Å². The van der Waals surface area contributed by atoms with E-state index >= 15 is 0 Å². The van der Waals surface area contributed by atoms with E-state index in [1.807, 2.05) is 7.05 Å². The van der Waals surface area contributed by atoms with Gasteiger partial charge in [0.05, 0.1) is 20.1 Å². The first kappa shape index (κ1) is 11.6. The third-order valence-corrected chi connectivity index (χ3v) is 3.17. The zero-order valence-electron chi connectivity index (χ0n) is 8.44. The highest BCUT2D eigenvalue weighted by atomic mass is 127. The SMILES string of the molecule is CNNC1CC[N+](C)(CNI)CC1. The lowest BCUT2D eigenvalue weighted by Crippen LogP contribution is -2.56. The van der Waals surface area contributed by atoms with Crippen LogP contribution in [0.4, 0.5) is 0 Å². The van der Waals surface area contributed by atoms with Gasteiger partial charge in [0.25, 0.3) is 0 Å². The molecule has 0 unspecified atom stereocenters. The molecule has 1 fully saturated rings. The number of likely N-dealkylation sites (tertiary alicyclic amines) is 1. The van der Waals surface area contributed by atoms with Crippen LogP contribution in [-0.2, 0) is 0 Å². The summed E-state index contributed by atoms with van der Waals surface area (Å²) in [6.45, 7) is 3.59. The Labute approximate surface area is 94.5 Å². The maximum atomic E-state index is 3.28. The second-order valence-corrected chi connectivity index (χ2v) is 4.79. The predicted octanol–water partition coefficient (Wildman–Crippen LogP) is 0.217. The van der Waals surface area contributed by atoms with Gasteiger partial charge in [-0.15, -0.1) is 0 Å². The van der Waals surface area contributed by atoms with Gasteiger partial charge in [0.2, 0.25) is 0 Å². The summed E-state index contributed by atoms with van der Waals surface area (Å²) >= 11 is 2.23. The van der Waals surface area contributed by atoms with Crippen molar-refractivity contribution in [3.8, 4) is 0 Å². The number of halogens is 1. The van der Waals surface area contributed by atoms with Crippen molar-refractivity contribution in [3.05, 3.63) is 0 Å². The van der Waals surface area contributed by atoms with Crippen LogP contribution in [0.15, 0.2) is 0 Å². The molecule has 0 aromatic carbocycles. The van der Waals surface area contributed by atoms with Crippen LogP contribution in [0.2, 0.25) is 0 Å². The Bertz CT molecular complexity index is 145. The molecule has 0 radical (unpaired) electrons. The highest BCUT2D eigenvalue weighted by molar-refractivity contribution is 14.1. The molecule has 0 bridgehead atoms. The number of hydrogen-bond acceptors (Lipinski definition) is 3. The third-order valence-electron chi connectivity index (χ3n) is 2.82. The van der Waals surface area contributed by atoms with Crippen LogP contribution >= 0.6 is 22.9 Å². The Balaban J connectivity index is 2.28. The summed E-state index contributed by atoms with van der Waals surface area (Å²) in [6, 6.07) is 0.658. The first-order valence-electron chi connectivity index (χ1n) is 4.79. The van der Waals surface area contributed by atoms with Gasteiger partial charge in [0, 0.05) is 41.7 Å². The summed E-state index contributed by atoms with van der Waals surface area (Å²) in [5.74, 6) is 0. The van der Waals surface area contributed by atoms with Crippen LogP contribution in [0, 0.1) is 0 Å². The molecule has 5 heteroatoms. The number of nitrogens with zero attached hydrogens (tertiary/aromatic N) is 1. The molecule has 0 atom stereocenters. The largest absolute Gasteiger partial charge is 0.313 e. The molecule has 1 saturated heterocycles. The maximum Gasteiger partial charge on any atom is 0.140 e. The molecule has 0 saturated carbocycles. The molecule has 1 heterocycles. The zero-order valence-corrected chi connectivity index (χ0v) is 10.6. The van der Waals surface area contributed by atoms with Crippen molar-refractivity contribution in [2.75, 3.05) is 33.9 Å². The molecule has 1 aliphatic rings. The molecule has 0 amide bonds. The predicted molar refractivity (Wildman–Crippen MR) is 63.2 cm³/mol. The second-order valence-electron chi connectivity index (χ2n) is 4.03. The summed E-state index contributed by atoms with van der Waals surface area (Å²) < 4.78 is 4.39. The van der Waals surface area contributed by atoms with E-state index in [1.54, 1.807) is 0 Å². The first-order chi connectivity index (χ1) is 6.20. The second kappa shape index (κ2) is 5.45. The van der Waals surface area contributed by atoms with Gasteiger partial charge in [-0.1, -0.05) is 0 Å². The quantitative estimate of drug-likeness (QED) is 0.301. The lowest BCUT2D eigenvalue weighted by atomic mass is 10.0. The topological polar surface area (TPSA) is 36.1 Å². The fourth-order valence-corrected chi connectivity index (χ4v) is 2.67. The minimum atomic E-state index is 0.658. The number of rotatable bonds is 4. The Hall–Kier alpha value is 0.570. The number of quaternary nitrogens is 1. The molecule has 0 aromatic rings. The highest BCUT2D eigenvalue weighted by Crippen LogP contribution is 2.15. The van der Waals surface area contributed by atoms with Crippen LogP contribution in [0.1, 0.15) is 12.8 Å². The smallest absolute Gasteiger partial charge is 0.140 e. The molecule has 13 heavy (non-hydrogen) atoms. The monoisotopic (exact) mass is 299 g/mol. The first-order valence-corrected chi connectivity index (χ1v) is 5.87. The van der Waals surface area contributed by atoms with Crippen LogP contribution in [0.25, 0.3) is 0 Å². The zero-order chi connectivity index (χ0) is 9.73. The van der Waals surface area contributed by atoms with E-state index in [2.05, 4.69) is 44.3 Å². The number of nitrogens with one attached hydrogen (secondary N) is 3. The lowest BCUT2D eigenvalue weighted by molar-refractivity contribution is -0.915. The van der Waals surface area contributed by atoms with Gasteiger partial charge in [-0.25, -0.2) is 3.53 Å². The number of hydrogen-bond donors (Lipinski definition) is 3. The molecular formula is C8H20IN4+. The van der Waals surface area contributed by atoms with Crippen LogP contribution in [0.5, 0.6) is 0 Å². The number of piperidine rings is 1. The van der Waals surface area contributed by atoms with Gasteiger partial charge in [-0.05, 0) is 7.05 Å². The van der Waals surface area contributed by atoms with Crippen molar-refractivity contribution >= 4 is 22.9 Å². The molecule has 0 aliphatic carbocycles. The van der Waals surface area contributed by atoms with Crippen LogP contribution < -0.4 is 14.4 Å². The van der Waals surface area contributed by atoms with Crippen molar-refractivity contribution in [3.63, 3.8) is 0 Å². The third kappa shape index (κ3) is 3.67. The van der Waals surface area contributed by atoms with E-state index in [1.165, 1.54) is 25.9 Å². The number of hydrazine groups is 1. The summed E-state index contributed by atoms with van der Waals surface area (Å²) in [4.78, 5) is 0. The Morgan fingerprint density at radius 1 is 1.38 bits per heavy atom. The summed E-state index contributed by atoms with van der Waals surface area (Å²) in [7, 11) is 4.26. The van der Waals surface area contributed by atoms with E-state index in [9.17, 15) is 0 Å². The molecule has 3 N–H and O–H groups in total. The fourth-order valence-electron chi connectivity index (χ4n) is 1.84. The van der Waals surface area contributed by atoms with E-state index in [0.717, 1.165) is 11.2 Å². The van der Waals surface area contributed by atoms with Crippen molar-refractivity contribution in [1.82, 2.24) is 14.4 Å². The Kier molecular flexibility index (Phi) is 4.88. The summed E-state index contributed by atoms with van der Waals surface area (Å²) in [6.07, 6.45) is 2.52. The van der Waals surface area contributed by atoms with Gasteiger partial charge >= 0.3 is 0 Å². The Morgan fingerprint density at radius 3 is 2.46 bits per heavy atom. The van der Waals surface area contributed by atoms with E-state index in [0.29, 0.717) is 6.04 Å². The lowest BCUT2D eigenvalue weighted by Gasteiger charge is -2.40. The molecule has 78 valence electrons. The van der Waals surface area contributed by atoms with Crippen molar-refractivity contribution in [2.45, 2.75) is 18.9 Å². The van der Waals surface area contributed by atoms with Crippen LogP contribution in [0.3, 0.4) is 0 Å². The van der Waals surface area contributed by atoms with Gasteiger partial charge in [0.1, 0.15) is 6.67 Å². The van der Waals surface area contributed by atoms with Crippen molar-refractivity contribution < 1.29 is 4.48 Å². The van der Waals surface area contributed by atoms with Gasteiger partial charge < -0.3 is 4.48 Å². The van der Waals surface area contributed by atoms with E-state index in [-0.39, 0.29) is 0 Å². The molecule has 1 aliphatic heterocycles. The molecule has 0 aromatic heterocycles. The van der Waals surface area contributed by atoms with E-state index in [4.69, 9.17) is 0 Å². The summed E-state index contributed by atoms with van der Waals surface area (Å²) in [5, 5.41) is 0. The average Bonchev–Trinajstić information content (AvgIpc) is 2.10. The van der Waals surface area contributed by atoms with Gasteiger partial charge in [-0.2, -0.15) is 0 Å². The minimum absolute atomic E-state index is 0.658. The summed E-state index contributed by atoms with van der Waals surface area (Å²) in [5.41, 5.74) is 6.30. The molecule has 0 spiro atoms. The van der Waals surface area contributed by atoms with Crippen molar-refractivity contribution in [1.29, 1.82) is 0 Å². The highest BCUT2D eigenvalue weighted by Gasteiger charge is 2.28. The molecule has 1 rings (SSSR count). The van der Waals surface area contributed by atoms with E-state index < -0.39 is 0 Å². The maximum absolute atomic E-state index is 3.28. The fraction of sp³-hybridized carbons (Fsp3) is 1.00. The standard InChI is InChI=1S/C8H20IN4/c1-10-12-8-3-5-13(2,6-4-8)7-11-9/h8,10-12H,3-7H2,1-2H3/q+1. The normalized spacial score (nSPS) is 34.8. The molecular weight excluding hydrogens is 279 g/mol. The Morgan fingerprint density at radius 2 is 2.00 bits per heavy atom. The van der Waals surface area contributed by atoms with Gasteiger partial charge in [0.15, 0.2) is 0 Å². The molecule has 4 nitrogen and oxygen atoms in total.